The van der Waals surface area contributed by atoms with E-state index < -0.39 is 0 Å². The van der Waals surface area contributed by atoms with Gasteiger partial charge in [0.15, 0.2) is 0 Å². The molecule has 1 heteroatoms. The van der Waals surface area contributed by atoms with E-state index in [1.54, 1.807) is 0 Å². The lowest BCUT2D eigenvalue weighted by atomic mass is 9.82. The summed E-state index contributed by atoms with van der Waals surface area (Å²) in [4.78, 5) is 0. The first-order valence-corrected chi connectivity index (χ1v) is 6.86. The minimum Gasteiger partial charge on any atom is -0.325 e. The first-order chi connectivity index (χ1) is 8.02. The van der Waals surface area contributed by atoms with Crippen LogP contribution < -0.4 is 5.73 Å². The van der Waals surface area contributed by atoms with Crippen LogP contribution in [0, 0.1) is 13.8 Å². The Hall–Kier alpha value is -0.820. The molecule has 0 fully saturated rings. The number of rotatable bonds is 6. The Bertz CT molecular complexity index is 336. The maximum absolute atomic E-state index is 6.55. The summed E-state index contributed by atoms with van der Waals surface area (Å²) in [5.41, 5.74) is 10.7. The smallest absolute Gasteiger partial charge is 0.0192 e. The Morgan fingerprint density at radius 3 is 2.18 bits per heavy atom. The van der Waals surface area contributed by atoms with Crippen molar-refractivity contribution in [2.24, 2.45) is 5.73 Å². The van der Waals surface area contributed by atoms with Gasteiger partial charge >= 0.3 is 0 Å². The average Bonchev–Trinajstić information content (AvgIpc) is 2.32. The van der Waals surface area contributed by atoms with E-state index in [0.29, 0.717) is 0 Å². The third kappa shape index (κ3) is 3.85. The second-order valence-corrected chi connectivity index (χ2v) is 5.37. The van der Waals surface area contributed by atoms with Gasteiger partial charge in [0, 0.05) is 5.54 Å². The van der Waals surface area contributed by atoms with E-state index in [-0.39, 0.29) is 5.54 Å². The van der Waals surface area contributed by atoms with E-state index in [4.69, 9.17) is 5.73 Å². The summed E-state index contributed by atoms with van der Waals surface area (Å²) in [6.07, 6.45) is 5.66. The fourth-order valence-corrected chi connectivity index (χ4v) is 2.40. The molecule has 17 heavy (non-hydrogen) atoms. The van der Waals surface area contributed by atoms with Gasteiger partial charge in [0.1, 0.15) is 0 Å². The van der Waals surface area contributed by atoms with Crippen molar-refractivity contribution in [3.05, 3.63) is 34.9 Å². The standard InChI is InChI=1S/C16H27N/c1-5-7-11-16(17,6-2)12-15-13(3)9-8-10-14(15)4/h8-10H,5-7,11-12,17H2,1-4H3. The molecule has 1 unspecified atom stereocenters. The molecule has 0 aliphatic rings. The van der Waals surface area contributed by atoms with Gasteiger partial charge in [0.25, 0.3) is 0 Å². The number of hydrogen-bond donors (Lipinski definition) is 1. The number of aryl methyl sites for hydroxylation is 2. The van der Waals surface area contributed by atoms with E-state index in [2.05, 4.69) is 45.9 Å². The van der Waals surface area contributed by atoms with Crippen molar-refractivity contribution < 1.29 is 0 Å². The predicted molar refractivity (Wildman–Crippen MR) is 76.4 cm³/mol. The highest BCUT2D eigenvalue weighted by atomic mass is 14.7. The Morgan fingerprint density at radius 1 is 1.12 bits per heavy atom. The van der Waals surface area contributed by atoms with Crippen molar-refractivity contribution in [1.82, 2.24) is 0 Å². The first kappa shape index (κ1) is 14.2. The quantitative estimate of drug-likeness (QED) is 0.785. The van der Waals surface area contributed by atoms with Crippen molar-refractivity contribution in [3.63, 3.8) is 0 Å². The van der Waals surface area contributed by atoms with Crippen molar-refractivity contribution in [2.75, 3.05) is 0 Å². The number of benzene rings is 1. The fraction of sp³-hybridized carbons (Fsp3) is 0.625. The van der Waals surface area contributed by atoms with E-state index >= 15 is 0 Å². The second kappa shape index (κ2) is 6.20. The summed E-state index contributed by atoms with van der Waals surface area (Å²) >= 11 is 0. The zero-order valence-electron chi connectivity index (χ0n) is 11.8. The SMILES string of the molecule is CCCCC(N)(CC)Cc1c(C)cccc1C. The third-order valence-corrected chi connectivity index (χ3v) is 3.91. The van der Waals surface area contributed by atoms with E-state index in [9.17, 15) is 0 Å². The van der Waals surface area contributed by atoms with Gasteiger partial charge in [-0.3, -0.25) is 0 Å². The van der Waals surface area contributed by atoms with Gasteiger partial charge in [0.2, 0.25) is 0 Å². The molecule has 1 aromatic carbocycles. The summed E-state index contributed by atoms with van der Waals surface area (Å²) in [6, 6.07) is 6.51. The van der Waals surface area contributed by atoms with Crippen LogP contribution in [0.2, 0.25) is 0 Å². The molecule has 1 rings (SSSR count). The van der Waals surface area contributed by atoms with Crippen molar-refractivity contribution in [1.29, 1.82) is 0 Å². The van der Waals surface area contributed by atoms with E-state index in [1.165, 1.54) is 29.5 Å². The maximum Gasteiger partial charge on any atom is 0.0192 e. The summed E-state index contributed by atoms with van der Waals surface area (Å²) in [5, 5.41) is 0. The van der Waals surface area contributed by atoms with Crippen LogP contribution in [0.3, 0.4) is 0 Å². The zero-order chi connectivity index (χ0) is 12.9. The highest BCUT2D eigenvalue weighted by Gasteiger charge is 2.23. The van der Waals surface area contributed by atoms with Gasteiger partial charge in [-0.05, 0) is 49.8 Å². The molecule has 2 N–H and O–H groups in total. The van der Waals surface area contributed by atoms with Crippen LogP contribution >= 0.6 is 0 Å². The normalized spacial score (nSPS) is 14.6. The lowest BCUT2D eigenvalue weighted by Gasteiger charge is -2.30. The Labute approximate surface area is 106 Å². The van der Waals surface area contributed by atoms with E-state index in [1.807, 2.05) is 0 Å². The monoisotopic (exact) mass is 233 g/mol. The lowest BCUT2D eigenvalue weighted by molar-refractivity contribution is 0.364. The lowest BCUT2D eigenvalue weighted by Crippen LogP contribution is -2.41. The molecule has 96 valence electrons. The molecule has 1 aromatic rings. The van der Waals surface area contributed by atoms with Crippen LogP contribution in [-0.2, 0) is 6.42 Å². The third-order valence-electron chi connectivity index (χ3n) is 3.91. The Morgan fingerprint density at radius 2 is 1.71 bits per heavy atom. The van der Waals surface area contributed by atoms with E-state index in [0.717, 1.165) is 19.3 Å². The molecular weight excluding hydrogens is 206 g/mol. The first-order valence-electron chi connectivity index (χ1n) is 6.86. The second-order valence-electron chi connectivity index (χ2n) is 5.37. The maximum atomic E-state index is 6.55. The Kier molecular flexibility index (Phi) is 5.20. The largest absolute Gasteiger partial charge is 0.325 e. The molecule has 0 amide bonds. The van der Waals surface area contributed by atoms with Crippen molar-refractivity contribution >= 4 is 0 Å². The molecule has 0 bridgehead atoms. The van der Waals surface area contributed by atoms with Gasteiger partial charge < -0.3 is 5.73 Å². The highest BCUT2D eigenvalue weighted by Crippen LogP contribution is 2.25. The van der Waals surface area contributed by atoms with Gasteiger partial charge in [-0.25, -0.2) is 0 Å². The summed E-state index contributed by atoms with van der Waals surface area (Å²) in [5.74, 6) is 0. The number of unbranched alkanes of at least 4 members (excludes halogenated alkanes) is 1. The molecule has 0 spiro atoms. The van der Waals surface area contributed by atoms with Crippen molar-refractivity contribution in [2.45, 2.75) is 65.3 Å². The zero-order valence-corrected chi connectivity index (χ0v) is 11.8. The molecule has 1 atom stereocenters. The highest BCUT2D eigenvalue weighted by molar-refractivity contribution is 5.34. The molecule has 1 nitrogen and oxygen atoms in total. The topological polar surface area (TPSA) is 26.0 Å². The van der Waals surface area contributed by atoms with Gasteiger partial charge in [-0.1, -0.05) is 44.9 Å². The van der Waals surface area contributed by atoms with Crippen molar-refractivity contribution in [3.8, 4) is 0 Å². The van der Waals surface area contributed by atoms with Crippen LogP contribution in [-0.4, -0.2) is 5.54 Å². The van der Waals surface area contributed by atoms with Crippen LogP contribution in [0.1, 0.15) is 56.2 Å². The fourth-order valence-electron chi connectivity index (χ4n) is 2.40. The number of nitrogens with two attached hydrogens (primary N) is 1. The van der Waals surface area contributed by atoms with Gasteiger partial charge in [-0.15, -0.1) is 0 Å². The van der Waals surface area contributed by atoms with Crippen LogP contribution in [0.25, 0.3) is 0 Å². The molecule has 0 saturated carbocycles. The minimum atomic E-state index is -0.0209. The van der Waals surface area contributed by atoms with Crippen LogP contribution in [0.15, 0.2) is 18.2 Å². The minimum absolute atomic E-state index is 0.0209. The Balaban J connectivity index is 2.86. The molecule has 0 saturated heterocycles. The van der Waals surface area contributed by atoms with Gasteiger partial charge in [-0.2, -0.15) is 0 Å². The summed E-state index contributed by atoms with van der Waals surface area (Å²) < 4.78 is 0. The number of hydrogen-bond acceptors (Lipinski definition) is 1. The summed E-state index contributed by atoms with van der Waals surface area (Å²) in [6.45, 7) is 8.83. The van der Waals surface area contributed by atoms with Crippen LogP contribution in [0.5, 0.6) is 0 Å². The molecule has 0 aromatic heterocycles. The van der Waals surface area contributed by atoms with Crippen LogP contribution in [0.4, 0.5) is 0 Å². The molecule has 0 aliphatic carbocycles. The average molecular weight is 233 g/mol. The molecular formula is C16H27N. The molecule has 0 aliphatic heterocycles. The van der Waals surface area contributed by atoms with Gasteiger partial charge in [0.05, 0.1) is 0 Å². The summed E-state index contributed by atoms with van der Waals surface area (Å²) in [7, 11) is 0. The molecule has 0 heterocycles. The predicted octanol–water partition coefficient (Wildman–Crippen LogP) is 4.14. The molecule has 0 radical (unpaired) electrons.